The molecule has 112 valence electrons. The number of para-hydroxylation sites is 1. The predicted molar refractivity (Wildman–Crippen MR) is 70.0 cm³/mol. The monoisotopic (exact) mass is 294 g/mol. The van der Waals surface area contributed by atoms with Gasteiger partial charge < -0.3 is 14.8 Å². The summed E-state index contributed by atoms with van der Waals surface area (Å²) in [4.78, 5) is 25.5. The molecule has 2 amide bonds. The normalized spacial score (nSPS) is 30.1. The minimum atomic E-state index is -1.31. The number of amides is 2. The van der Waals surface area contributed by atoms with Crippen molar-refractivity contribution < 1.29 is 23.5 Å². The fourth-order valence-corrected chi connectivity index (χ4v) is 2.99. The molecule has 6 nitrogen and oxygen atoms in total. The molecule has 0 aliphatic carbocycles. The van der Waals surface area contributed by atoms with Crippen molar-refractivity contribution in [3.8, 4) is 5.75 Å². The molecule has 0 saturated carbocycles. The molecule has 1 fully saturated rings. The van der Waals surface area contributed by atoms with Crippen LogP contribution in [0.25, 0.3) is 0 Å². The van der Waals surface area contributed by atoms with E-state index in [0.29, 0.717) is 5.56 Å². The third-order valence-electron chi connectivity index (χ3n) is 4.26. The van der Waals surface area contributed by atoms with Crippen LogP contribution in [-0.2, 0) is 9.53 Å². The summed E-state index contributed by atoms with van der Waals surface area (Å²) >= 11 is 0. The van der Waals surface area contributed by atoms with Gasteiger partial charge in [0.15, 0.2) is 17.3 Å². The van der Waals surface area contributed by atoms with Gasteiger partial charge in [-0.1, -0.05) is 12.1 Å². The molecule has 3 rings (SSSR count). The lowest BCUT2D eigenvalue weighted by Crippen LogP contribution is -2.70. The first-order valence-corrected chi connectivity index (χ1v) is 6.49. The number of nitrogens with one attached hydrogen (secondary N) is 1. The SMILES string of the molecule is COC(=O)C1C2NC(=O)N(C)C1(C)Oc1c(F)cccc12. The molecule has 1 N–H and O–H groups in total. The van der Waals surface area contributed by atoms with Gasteiger partial charge in [-0.05, 0) is 13.0 Å². The van der Waals surface area contributed by atoms with Gasteiger partial charge in [0, 0.05) is 12.6 Å². The van der Waals surface area contributed by atoms with Gasteiger partial charge in [-0.15, -0.1) is 0 Å². The third kappa shape index (κ3) is 1.69. The molecule has 21 heavy (non-hydrogen) atoms. The number of hydrogen-bond donors (Lipinski definition) is 1. The van der Waals surface area contributed by atoms with Crippen molar-refractivity contribution in [1.82, 2.24) is 10.2 Å². The van der Waals surface area contributed by atoms with Crippen LogP contribution in [0.4, 0.5) is 9.18 Å². The first kappa shape index (κ1) is 13.7. The number of fused-ring (bicyclic) bond motifs is 4. The highest BCUT2D eigenvalue weighted by atomic mass is 19.1. The lowest BCUT2D eigenvalue weighted by Gasteiger charge is -2.53. The number of halogens is 1. The summed E-state index contributed by atoms with van der Waals surface area (Å²) in [6.45, 7) is 1.58. The Morgan fingerprint density at radius 1 is 1.52 bits per heavy atom. The molecule has 3 atom stereocenters. The summed E-state index contributed by atoms with van der Waals surface area (Å²) in [5, 5.41) is 2.71. The predicted octanol–water partition coefficient (Wildman–Crippen LogP) is 1.42. The van der Waals surface area contributed by atoms with Crippen LogP contribution in [0.5, 0.6) is 5.75 Å². The molecule has 7 heteroatoms. The van der Waals surface area contributed by atoms with Crippen molar-refractivity contribution in [2.45, 2.75) is 18.7 Å². The van der Waals surface area contributed by atoms with E-state index in [1.807, 2.05) is 0 Å². The Morgan fingerprint density at radius 3 is 2.90 bits per heavy atom. The van der Waals surface area contributed by atoms with Gasteiger partial charge >= 0.3 is 12.0 Å². The highest BCUT2D eigenvalue weighted by Crippen LogP contribution is 2.48. The molecule has 1 aromatic rings. The molecule has 1 saturated heterocycles. The van der Waals surface area contributed by atoms with Crippen LogP contribution in [0.15, 0.2) is 18.2 Å². The van der Waals surface area contributed by atoms with E-state index >= 15 is 0 Å². The van der Waals surface area contributed by atoms with Gasteiger partial charge in [0.05, 0.1) is 13.2 Å². The van der Waals surface area contributed by atoms with Crippen molar-refractivity contribution in [3.05, 3.63) is 29.6 Å². The second-order valence-corrected chi connectivity index (χ2v) is 5.30. The Kier molecular flexibility index (Phi) is 2.82. The summed E-state index contributed by atoms with van der Waals surface area (Å²) in [5.74, 6) is -1.79. The zero-order valence-electron chi connectivity index (χ0n) is 11.8. The molecule has 0 spiro atoms. The van der Waals surface area contributed by atoms with Gasteiger partial charge in [-0.3, -0.25) is 9.69 Å². The summed E-state index contributed by atoms with van der Waals surface area (Å²) < 4.78 is 24.6. The number of carbonyl (C=O) groups excluding carboxylic acids is 2. The fraction of sp³-hybridized carbons (Fsp3) is 0.429. The Hall–Kier alpha value is -2.31. The summed E-state index contributed by atoms with van der Waals surface area (Å²) in [5.41, 5.74) is -0.876. The van der Waals surface area contributed by atoms with Crippen molar-refractivity contribution >= 4 is 12.0 Å². The lowest BCUT2D eigenvalue weighted by molar-refractivity contribution is -0.174. The minimum Gasteiger partial charge on any atom is -0.469 e. The second-order valence-electron chi connectivity index (χ2n) is 5.30. The average molecular weight is 294 g/mol. The number of hydrogen-bond acceptors (Lipinski definition) is 4. The Balaban J connectivity index is 2.22. The highest BCUT2D eigenvalue weighted by molar-refractivity contribution is 5.84. The quantitative estimate of drug-likeness (QED) is 0.795. The molecule has 2 bridgehead atoms. The molecular formula is C14H15FN2O4. The third-order valence-corrected chi connectivity index (χ3v) is 4.26. The van der Waals surface area contributed by atoms with Crippen molar-refractivity contribution in [1.29, 1.82) is 0 Å². The largest absolute Gasteiger partial charge is 0.469 e. The topological polar surface area (TPSA) is 67.9 Å². The number of rotatable bonds is 1. The maximum Gasteiger partial charge on any atom is 0.320 e. The van der Waals surface area contributed by atoms with Gasteiger partial charge in [0.2, 0.25) is 0 Å². The lowest BCUT2D eigenvalue weighted by atomic mass is 9.79. The van der Waals surface area contributed by atoms with E-state index in [9.17, 15) is 14.0 Å². The zero-order valence-corrected chi connectivity index (χ0v) is 11.8. The van der Waals surface area contributed by atoms with E-state index in [1.165, 1.54) is 31.2 Å². The molecule has 0 aromatic heterocycles. The molecular weight excluding hydrogens is 279 g/mol. The number of carbonyl (C=O) groups is 2. The first-order valence-electron chi connectivity index (χ1n) is 6.49. The van der Waals surface area contributed by atoms with E-state index in [2.05, 4.69) is 5.32 Å². The minimum absolute atomic E-state index is 0.0528. The van der Waals surface area contributed by atoms with E-state index in [0.717, 1.165) is 0 Å². The molecule has 2 aliphatic heterocycles. The van der Waals surface area contributed by atoms with Gasteiger partial charge in [-0.2, -0.15) is 0 Å². The molecule has 3 unspecified atom stereocenters. The van der Waals surface area contributed by atoms with Crippen molar-refractivity contribution in [3.63, 3.8) is 0 Å². The smallest absolute Gasteiger partial charge is 0.320 e. The van der Waals surface area contributed by atoms with Crippen LogP contribution < -0.4 is 10.1 Å². The van der Waals surface area contributed by atoms with Crippen LogP contribution in [0, 0.1) is 11.7 Å². The molecule has 0 radical (unpaired) electrons. The number of nitrogens with zero attached hydrogens (tertiary/aromatic N) is 1. The van der Waals surface area contributed by atoms with E-state index < -0.39 is 35.5 Å². The van der Waals surface area contributed by atoms with Crippen LogP contribution in [-0.4, -0.2) is 36.8 Å². The maximum absolute atomic E-state index is 14.0. The number of benzene rings is 1. The van der Waals surface area contributed by atoms with E-state index in [1.54, 1.807) is 13.0 Å². The Morgan fingerprint density at radius 2 is 2.24 bits per heavy atom. The van der Waals surface area contributed by atoms with E-state index in [-0.39, 0.29) is 5.75 Å². The van der Waals surface area contributed by atoms with Gasteiger partial charge in [0.25, 0.3) is 0 Å². The zero-order chi connectivity index (χ0) is 15.4. The maximum atomic E-state index is 14.0. The van der Waals surface area contributed by atoms with Crippen LogP contribution in [0.1, 0.15) is 18.5 Å². The van der Waals surface area contributed by atoms with Gasteiger partial charge in [0.1, 0.15) is 5.92 Å². The van der Waals surface area contributed by atoms with Gasteiger partial charge in [-0.25, -0.2) is 9.18 Å². The second kappa shape index (κ2) is 4.34. The molecule has 2 heterocycles. The molecule has 1 aromatic carbocycles. The summed E-state index contributed by atoms with van der Waals surface area (Å²) in [6, 6.07) is 3.34. The molecule has 2 aliphatic rings. The average Bonchev–Trinajstić information content (AvgIpc) is 2.46. The number of urea groups is 1. The van der Waals surface area contributed by atoms with Crippen LogP contribution >= 0.6 is 0 Å². The van der Waals surface area contributed by atoms with Crippen molar-refractivity contribution in [2.24, 2.45) is 5.92 Å². The number of ether oxygens (including phenoxy) is 2. The highest BCUT2D eigenvalue weighted by Gasteiger charge is 2.59. The van der Waals surface area contributed by atoms with Crippen LogP contribution in [0.2, 0.25) is 0 Å². The van der Waals surface area contributed by atoms with Crippen LogP contribution in [0.3, 0.4) is 0 Å². The van der Waals surface area contributed by atoms with E-state index in [4.69, 9.17) is 9.47 Å². The summed E-state index contributed by atoms with van der Waals surface area (Å²) in [6.07, 6.45) is 0. The van der Waals surface area contributed by atoms with Crippen molar-refractivity contribution in [2.75, 3.05) is 14.2 Å². The fourth-order valence-electron chi connectivity index (χ4n) is 2.99. The first-order chi connectivity index (χ1) is 9.90. The standard InChI is InChI=1S/C14H15FN2O4/c1-14-9(12(18)20-3)10(16-13(19)17(14)2)7-5-4-6-8(15)11(7)21-14/h4-6,9-10H,1-3H3,(H,16,19). The Labute approximate surface area is 120 Å². The number of esters is 1. The number of methoxy groups -OCH3 is 1. The Bertz CT molecular complexity index is 635. The summed E-state index contributed by atoms with van der Waals surface area (Å²) in [7, 11) is 2.76.